The molecule has 0 N–H and O–H groups in total. The van der Waals surface area contributed by atoms with E-state index >= 15 is 0 Å². The van der Waals surface area contributed by atoms with E-state index < -0.39 is 11.9 Å². The maximum Gasteiger partial charge on any atom is 0.433 e. The number of halogens is 3. The first-order valence-electron chi connectivity index (χ1n) is 7.40. The molecule has 3 nitrogen and oxygen atoms in total. The molecule has 1 saturated carbocycles. The second kappa shape index (κ2) is 4.45. The molecule has 2 atom stereocenters. The van der Waals surface area contributed by atoms with Gasteiger partial charge in [-0.25, -0.2) is 9.97 Å². The summed E-state index contributed by atoms with van der Waals surface area (Å²) >= 11 is 0. The van der Waals surface area contributed by atoms with Gasteiger partial charge >= 0.3 is 6.18 Å². The summed E-state index contributed by atoms with van der Waals surface area (Å²) in [4.78, 5) is 9.56. The average molecular weight is 295 g/mol. The predicted octanol–water partition coefficient (Wildman–Crippen LogP) is 3.72. The molecular weight excluding hydrogens is 279 g/mol. The molecule has 1 aromatic rings. The topological polar surface area (TPSA) is 29.0 Å². The van der Waals surface area contributed by atoms with E-state index in [4.69, 9.17) is 0 Å². The van der Waals surface area contributed by atoms with E-state index in [-0.39, 0.29) is 0 Å². The summed E-state index contributed by atoms with van der Waals surface area (Å²) in [7, 11) is 0. The molecule has 0 amide bonds. The number of fused-ring (bicyclic) bond motifs is 2. The first-order valence-corrected chi connectivity index (χ1v) is 7.40. The van der Waals surface area contributed by atoms with Crippen molar-refractivity contribution >= 4 is 5.82 Å². The third-order valence-corrected chi connectivity index (χ3v) is 4.79. The van der Waals surface area contributed by atoms with Gasteiger partial charge < -0.3 is 4.90 Å². The van der Waals surface area contributed by atoms with E-state index in [2.05, 4.69) is 14.9 Å². The minimum Gasteiger partial charge on any atom is -0.350 e. The molecule has 2 bridgehead atoms. The molecule has 3 heterocycles. The maximum atomic E-state index is 12.8. The lowest BCUT2D eigenvalue weighted by Gasteiger charge is -2.37. The van der Waals surface area contributed by atoms with Crippen LogP contribution in [0.15, 0.2) is 23.5 Å². The minimum atomic E-state index is -4.41. The number of alkyl halides is 3. The molecule has 4 rings (SSSR count). The van der Waals surface area contributed by atoms with E-state index in [1.54, 1.807) is 11.1 Å². The molecule has 0 spiro atoms. The standard InChI is InChI=1S/C15H16F3N3/c16-15(17,18)13-7-14(20-8-19-13)21-11-3-4-12(21)6-10(5-11)9-1-2-9/h7-8,11-12H,1-6H2. The van der Waals surface area contributed by atoms with Crippen molar-refractivity contribution in [1.82, 2.24) is 9.97 Å². The highest BCUT2D eigenvalue weighted by atomic mass is 19.4. The lowest BCUT2D eigenvalue weighted by Crippen LogP contribution is -2.41. The van der Waals surface area contributed by atoms with Gasteiger partial charge in [0.1, 0.15) is 17.8 Å². The molecule has 3 fully saturated rings. The summed E-state index contributed by atoms with van der Waals surface area (Å²) in [6.45, 7) is 0. The molecule has 3 aliphatic rings. The van der Waals surface area contributed by atoms with Gasteiger partial charge in [-0.1, -0.05) is 11.1 Å². The third-order valence-electron chi connectivity index (χ3n) is 4.79. The molecule has 21 heavy (non-hydrogen) atoms. The smallest absolute Gasteiger partial charge is 0.350 e. The van der Waals surface area contributed by atoms with Crippen molar-refractivity contribution in [1.29, 1.82) is 0 Å². The lowest BCUT2D eigenvalue weighted by atomic mass is 9.95. The third kappa shape index (κ3) is 2.30. The number of piperidine rings is 1. The second-order valence-electron chi connectivity index (χ2n) is 6.17. The summed E-state index contributed by atoms with van der Waals surface area (Å²) in [6, 6.07) is 1.71. The summed E-state index contributed by atoms with van der Waals surface area (Å²) in [5.41, 5.74) is 2.30. The van der Waals surface area contributed by atoms with Crippen molar-refractivity contribution in [3.8, 4) is 0 Å². The fourth-order valence-corrected chi connectivity index (χ4v) is 3.74. The molecule has 6 heteroatoms. The average Bonchev–Trinajstić information content (AvgIpc) is 3.24. The molecule has 0 radical (unpaired) electrons. The van der Waals surface area contributed by atoms with Crippen molar-refractivity contribution < 1.29 is 13.2 Å². The zero-order chi connectivity index (χ0) is 14.6. The number of allylic oxidation sites excluding steroid dienone is 1. The second-order valence-corrected chi connectivity index (χ2v) is 6.17. The van der Waals surface area contributed by atoms with Crippen LogP contribution < -0.4 is 4.90 Å². The molecule has 2 unspecified atom stereocenters. The van der Waals surface area contributed by atoms with Crippen LogP contribution in [0.2, 0.25) is 0 Å². The van der Waals surface area contributed by atoms with Crippen LogP contribution in [0.25, 0.3) is 0 Å². The summed E-state index contributed by atoms with van der Waals surface area (Å²) < 4.78 is 38.4. The van der Waals surface area contributed by atoms with Crippen LogP contribution in [0.5, 0.6) is 0 Å². The van der Waals surface area contributed by atoms with Crippen LogP contribution >= 0.6 is 0 Å². The fraction of sp³-hybridized carbons (Fsp3) is 0.600. The summed E-state index contributed by atoms with van der Waals surface area (Å²) in [5.74, 6) is 0.435. The number of anilines is 1. The first-order chi connectivity index (χ1) is 10.0. The number of rotatable bonds is 1. The zero-order valence-corrected chi connectivity index (χ0v) is 11.5. The van der Waals surface area contributed by atoms with Crippen LogP contribution in [0.1, 0.15) is 44.2 Å². The van der Waals surface area contributed by atoms with Gasteiger partial charge in [-0.3, -0.25) is 0 Å². The van der Waals surface area contributed by atoms with Crippen LogP contribution in [0.4, 0.5) is 19.0 Å². The highest BCUT2D eigenvalue weighted by Gasteiger charge is 2.42. The number of hydrogen-bond acceptors (Lipinski definition) is 3. The Morgan fingerprint density at radius 2 is 1.67 bits per heavy atom. The van der Waals surface area contributed by atoms with Gasteiger partial charge in [0, 0.05) is 18.2 Å². The Kier molecular flexibility index (Phi) is 2.78. The van der Waals surface area contributed by atoms with Crippen LogP contribution in [0, 0.1) is 0 Å². The summed E-state index contributed by atoms with van der Waals surface area (Å²) in [6.07, 6.45) is 3.16. The Hall–Kier alpha value is -1.59. The van der Waals surface area contributed by atoms with Gasteiger partial charge in [-0.15, -0.1) is 0 Å². The van der Waals surface area contributed by atoms with Crippen LogP contribution in [0.3, 0.4) is 0 Å². The molecule has 0 aromatic carbocycles. The van der Waals surface area contributed by atoms with Crippen molar-refractivity contribution in [2.24, 2.45) is 0 Å². The summed E-state index contributed by atoms with van der Waals surface area (Å²) in [5, 5.41) is 0. The van der Waals surface area contributed by atoms with E-state index in [0.29, 0.717) is 17.9 Å². The van der Waals surface area contributed by atoms with E-state index in [1.807, 2.05) is 0 Å². The Bertz CT molecular complexity index is 586. The largest absolute Gasteiger partial charge is 0.433 e. The van der Waals surface area contributed by atoms with Crippen molar-refractivity contribution in [3.05, 3.63) is 29.2 Å². The van der Waals surface area contributed by atoms with Gasteiger partial charge in [-0.2, -0.15) is 13.2 Å². The van der Waals surface area contributed by atoms with Crippen molar-refractivity contribution in [2.45, 2.75) is 56.8 Å². The Morgan fingerprint density at radius 1 is 1.00 bits per heavy atom. The highest BCUT2D eigenvalue weighted by molar-refractivity contribution is 5.47. The lowest BCUT2D eigenvalue weighted by molar-refractivity contribution is -0.141. The SMILES string of the molecule is FC(F)(F)c1cc(N2C3CCC2CC(=C2CC2)C3)ncn1. The fourth-order valence-electron chi connectivity index (χ4n) is 3.74. The molecule has 2 aliphatic heterocycles. The minimum absolute atomic E-state index is 0.308. The molecule has 1 aliphatic carbocycles. The van der Waals surface area contributed by atoms with Gasteiger partial charge in [0.25, 0.3) is 0 Å². The Morgan fingerprint density at radius 3 is 2.24 bits per heavy atom. The van der Waals surface area contributed by atoms with Crippen LogP contribution in [-0.4, -0.2) is 22.1 Å². The zero-order valence-electron chi connectivity index (χ0n) is 11.5. The van der Waals surface area contributed by atoms with E-state index in [0.717, 1.165) is 38.1 Å². The van der Waals surface area contributed by atoms with Gasteiger partial charge in [0.15, 0.2) is 0 Å². The number of nitrogens with zero attached hydrogens (tertiary/aromatic N) is 3. The number of hydrogen-bond donors (Lipinski definition) is 0. The molecule has 1 aromatic heterocycles. The highest BCUT2D eigenvalue weighted by Crippen LogP contribution is 2.46. The first kappa shape index (κ1) is 13.1. The predicted molar refractivity (Wildman–Crippen MR) is 71.8 cm³/mol. The maximum absolute atomic E-state index is 12.8. The molecular formula is C15H16F3N3. The van der Waals surface area contributed by atoms with E-state index in [9.17, 15) is 13.2 Å². The normalized spacial score (nSPS) is 28.2. The van der Waals surface area contributed by atoms with E-state index in [1.165, 1.54) is 12.8 Å². The van der Waals surface area contributed by atoms with Crippen LogP contribution in [-0.2, 0) is 6.18 Å². The quantitative estimate of drug-likeness (QED) is 0.739. The molecule has 112 valence electrons. The van der Waals surface area contributed by atoms with Crippen molar-refractivity contribution in [3.63, 3.8) is 0 Å². The van der Waals surface area contributed by atoms with Gasteiger partial charge in [0.05, 0.1) is 0 Å². The Balaban J connectivity index is 1.64. The van der Waals surface area contributed by atoms with Gasteiger partial charge in [-0.05, 0) is 38.5 Å². The molecule has 2 saturated heterocycles. The van der Waals surface area contributed by atoms with Crippen molar-refractivity contribution in [2.75, 3.05) is 4.90 Å². The van der Waals surface area contributed by atoms with Gasteiger partial charge in [0.2, 0.25) is 0 Å². The monoisotopic (exact) mass is 295 g/mol. The Labute approximate surface area is 120 Å². The number of aromatic nitrogens is 2.